The van der Waals surface area contributed by atoms with Crippen LogP contribution in [0.15, 0.2) is 109 Å². The lowest BCUT2D eigenvalue weighted by molar-refractivity contribution is 0.0515. The Labute approximate surface area is 637 Å². The number of methoxy groups -OCH3 is 2. The van der Waals surface area contributed by atoms with E-state index in [1.165, 1.54) is 0 Å². The number of pyridine rings is 3. The molecule has 0 saturated carbocycles. The molecule has 22 nitrogen and oxygen atoms in total. The molecule has 3 aromatic carbocycles. The van der Waals surface area contributed by atoms with E-state index in [0.29, 0.717) is 87.2 Å². The molecule has 107 heavy (non-hydrogen) atoms. The minimum absolute atomic E-state index is 0.114. The van der Waals surface area contributed by atoms with E-state index in [1.54, 1.807) is 53.0 Å². The van der Waals surface area contributed by atoms with E-state index in [1.807, 2.05) is 166 Å². The van der Waals surface area contributed by atoms with Crippen molar-refractivity contribution in [2.45, 2.75) is 151 Å². The fourth-order valence-corrected chi connectivity index (χ4v) is 14.6. The van der Waals surface area contributed by atoms with Gasteiger partial charge in [-0.2, -0.15) is 0 Å². The van der Waals surface area contributed by atoms with Crippen LogP contribution in [0.25, 0.3) is 0 Å². The van der Waals surface area contributed by atoms with E-state index in [2.05, 4.69) is 82.2 Å². The van der Waals surface area contributed by atoms with E-state index in [0.717, 1.165) is 140 Å². The molecule has 0 aliphatic carbocycles. The summed E-state index contributed by atoms with van der Waals surface area (Å²) in [5.41, 5.74) is 8.75. The summed E-state index contributed by atoms with van der Waals surface area (Å²) in [5.74, 6) is 20.8. The molecule has 2 fully saturated rings. The van der Waals surface area contributed by atoms with E-state index < -0.39 is 39.2 Å². The Morgan fingerprint density at radius 1 is 0.514 bits per heavy atom. The van der Waals surface area contributed by atoms with Gasteiger partial charge in [-0.05, 0) is 205 Å². The van der Waals surface area contributed by atoms with Gasteiger partial charge in [0.1, 0.15) is 46.1 Å². The number of nitrogens with one attached hydrogen (secondary N) is 6. The second kappa shape index (κ2) is 44.1. The van der Waals surface area contributed by atoms with Gasteiger partial charge in [-0.1, -0.05) is 73.0 Å². The van der Waals surface area contributed by atoms with Crippen LogP contribution in [-0.2, 0) is 51.7 Å². The molecule has 25 heteroatoms. The first-order chi connectivity index (χ1) is 50.8. The van der Waals surface area contributed by atoms with Crippen molar-refractivity contribution in [1.82, 2.24) is 56.7 Å². The summed E-state index contributed by atoms with van der Waals surface area (Å²) in [5, 5.41) is 19.8. The fourth-order valence-electron chi connectivity index (χ4n) is 11.2. The monoisotopic (exact) mass is 1520 g/mol. The molecule has 2 unspecified atom stereocenters. The number of carbonyl (C=O) groups is 2. The number of alkyl carbamates (subject to hydrolysis) is 2. The van der Waals surface area contributed by atoms with Gasteiger partial charge in [0.05, 0.1) is 45.5 Å². The summed E-state index contributed by atoms with van der Waals surface area (Å²) in [4.78, 5) is 42.6. The Hall–Kier alpha value is -7.70. The highest BCUT2D eigenvalue weighted by Gasteiger charge is 2.28. The van der Waals surface area contributed by atoms with Gasteiger partial charge >= 0.3 is 12.2 Å². The van der Waals surface area contributed by atoms with Crippen molar-refractivity contribution in [3.05, 3.63) is 165 Å². The zero-order valence-electron chi connectivity index (χ0n) is 66.0. The van der Waals surface area contributed by atoms with Crippen molar-refractivity contribution in [1.29, 1.82) is 0 Å². The number of hydrogen-bond donors (Lipinski definition) is 6. The highest BCUT2D eigenvalue weighted by molar-refractivity contribution is 7.69. The third kappa shape index (κ3) is 34.2. The normalized spacial score (nSPS) is 16.2. The molecular formula is C82H116N11O11P3. The van der Waals surface area contributed by atoms with E-state index in [4.69, 9.17) is 38.0 Å². The Bertz CT molecular complexity index is 4140. The summed E-state index contributed by atoms with van der Waals surface area (Å²) < 4.78 is 72.0. The molecule has 2 saturated heterocycles. The van der Waals surface area contributed by atoms with E-state index in [-0.39, 0.29) is 12.1 Å². The number of carbonyl (C=O) groups excluding carboxylic acids is 2. The van der Waals surface area contributed by atoms with Crippen LogP contribution < -0.4 is 57.7 Å². The van der Waals surface area contributed by atoms with Crippen molar-refractivity contribution >= 4 is 50.4 Å². The average Bonchev–Trinajstić information content (AvgIpc) is 1.80. The van der Waals surface area contributed by atoms with Gasteiger partial charge in [-0.25, -0.2) is 24.5 Å². The molecule has 0 bridgehead atoms. The van der Waals surface area contributed by atoms with E-state index >= 15 is 0 Å². The van der Waals surface area contributed by atoms with Gasteiger partial charge in [0.15, 0.2) is 0 Å². The summed E-state index contributed by atoms with van der Waals surface area (Å²) in [6.07, 6.45) is 5.75. The number of ether oxygens (including phenoxy) is 4. The van der Waals surface area contributed by atoms with Gasteiger partial charge in [0, 0.05) is 137 Å². The minimum Gasteiger partial charge on any atom is -0.497 e. The lowest BCUT2D eigenvalue weighted by Crippen LogP contribution is -2.39. The Morgan fingerprint density at radius 3 is 1.38 bits per heavy atom. The van der Waals surface area contributed by atoms with Gasteiger partial charge in [0.2, 0.25) is 14.7 Å². The van der Waals surface area contributed by atoms with Crippen LogP contribution in [0.5, 0.6) is 11.5 Å². The van der Waals surface area contributed by atoms with Crippen LogP contribution in [0.3, 0.4) is 0 Å². The fraction of sp³-hybridized carbons (Fsp3) is 0.500. The maximum absolute atomic E-state index is 13.8. The Kier molecular flexibility index (Phi) is 36.3. The zero-order valence-corrected chi connectivity index (χ0v) is 68.6. The van der Waals surface area contributed by atoms with Crippen LogP contribution in [-0.4, -0.2) is 180 Å². The average molecular weight is 1520 g/mol. The lowest BCUT2D eigenvalue weighted by Gasteiger charge is -2.27. The van der Waals surface area contributed by atoms with Crippen molar-refractivity contribution in [3.63, 3.8) is 0 Å². The van der Waals surface area contributed by atoms with Gasteiger partial charge < -0.3 is 64.5 Å². The minimum atomic E-state index is -3.23. The predicted octanol–water partition coefficient (Wildman–Crippen LogP) is 11.8. The smallest absolute Gasteiger partial charge is 0.407 e. The number of rotatable bonds is 24. The van der Waals surface area contributed by atoms with Crippen LogP contribution >= 0.6 is 21.9 Å². The predicted molar refractivity (Wildman–Crippen MR) is 432 cm³/mol. The molecule has 4 atom stereocenters. The Balaban J connectivity index is 0.000000322. The molecule has 0 radical (unpaired) electrons. The largest absolute Gasteiger partial charge is 0.497 e. The molecule has 6 aromatic rings. The number of aryl methyl sites for hydroxylation is 2. The van der Waals surface area contributed by atoms with Crippen LogP contribution in [0.2, 0.25) is 0 Å². The molecule has 6 N–H and O–H groups in total. The molecule has 8 rings (SSSR count). The van der Waals surface area contributed by atoms with Gasteiger partial charge in [-0.15, -0.1) is 0 Å². The third-order valence-corrected chi connectivity index (χ3v) is 21.5. The van der Waals surface area contributed by atoms with Crippen molar-refractivity contribution in [3.8, 4) is 47.0 Å². The number of aromatic nitrogens is 3. The number of hydrogen-bond acceptors (Lipinski definition) is 20. The molecule has 5 heterocycles. The van der Waals surface area contributed by atoms with Gasteiger partial charge in [-0.3, -0.25) is 18.9 Å². The first kappa shape index (κ1) is 88.2. The molecule has 3 aromatic heterocycles. The summed E-state index contributed by atoms with van der Waals surface area (Å²) >= 11 is 0. The SMILES string of the molecule is CC(C)(C)OC(=O)NCCCC[C@H]1CNCCNCCN1.CCOP(C)(=O)c1cc(C#Cc2ccc(C)cc2)cc(CN2C[C@H](CCCCNC(=O)OC(C)(C)C)NCN(Cc3cc(C#Cc4ccc(OC)cc4)cc(P(C)(C)=O)n3)C2)n1.CCOP(C)(=O)c1cc(C#Cc2ccc(OC)cc2)cc(CC)n1. The van der Waals surface area contributed by atoms with Crippen LogP contribution in [0.4, 0.5) is 9.59 Å². The standard InChI is InChI=1S/C48H62N6O6P2.C19H22NO3P.C15H32N4O2/c1-10-59-62(9,57)46-30-40(21-18-37-16-14-36(2)15-17-37)28-42(52-46)32-53-31-41(13-11-12-26-49-47(55)60-48(3,4)5)50-34-54(35-53)33-43-27-39(29-45(51-43)61(7,8)56)20-19-38-22-24-44(58-6)25-23-38;1-5-17-13-16(14-19(20-17)24(4,21)23-6-2)8-7-15-9-11-18(22-3)12-10-15;1-15(2,3)21-14(20)19-7-5-4-6-13-12-17-9-8-16-10-11-18-13/h14-17,22-25,27-30,41,50H,10-13,26,31-35H2,1-9H3,(H,49,55);9-14H,5-6H2,1-4H3;13,16-18H,4-12H2,1-3H3,(H,19,20)/t41-,62?;;13-/m0.0/s1. The molecule has 580 valence electrons. The first-order valence-electron chi connectivity index (χ1n) is 37.0. The summed E-state index contributed by atoms with van der Waals surface area (Å²) in [6.45, 7) is 35.3. The number of benzene rings is 3. The maximum Gasteiger partial charge on any atom is 0.407 e. The second-order valence-electron chi connectivity index (χ2n) is 28.9. The van der Waals surface area contributed by atoms with Gasteiger partial charge in [0.25, 0.3) is 0 Å². The summed E-state index contributed by atoms with van der Waals surface area (Å²) in [7, 11) is -5.61. The number of unbranched alkanes of at least 4 members (excludes halogenated alkanes) is 2. The summed E-state index contributed by atoms with van der Waals surface area (Å²) in [6, 6.07) is 35.0. The zero-order chi connectivity index (χ0) is 78.1. The van der Waals surface area contributed by atoms with Crippen molar-refractivity contribution in [2.75, 3.05) is 120 Å². The van der Waals surface area contributed by atoms with Crippen molar-refractivity contribution in [2.24, 2.45) is 0 Å². The Morgan fingerprint density at radius 2 is 0.925 bits per heavy atom. The highest BCUT2D eigenvalue weighted by atomic mass is 31.2. The molecule has 2 aliphatic rings. The molecular weight excluding hydrogens is 1410 g/mol. The topological polar surface area (TPSA) is 258 Å². The highest BCUT2D eigenvalue weighted by Crippen LogP contribution is 2.42. The quantitative estimate of drug-likeness (QED) is 0.0187. The van der Waals surface area contributed by atoms with Crippen LogP contribution in [0.1, 0.15) is 157 Å². The van der Waals surface area contributed by atoms with Crippen LogP contribution in [0, 0.1) is 42.4 Å². The number of amides is 2. The molecule has 0 spiro atoms. The molecule has 2 aliphatic heterocycles. The second-order valence-corrected chi connectivity index (χ2v) is 36.9. The first-order valence-corrected chi connectivity index (χ1v) is 43.8. The number of nitrogens with zero attached hydrogens (tertiary/aromatic N) is 5. The van der Waals surface area contributed by atoms with Crippen molar-refractivity contribution < 1.29 is 51.3 Å². The third-order valence-electron chi connectivity index (χ3n) is 16.5. The maximum atomic E-state index is 13.8. The van der Waals surface area contributed by atoms with E-state index in [9.17, 15) is 23.3 Å². The lowest BCUT2D eigenvalue weighted by atomic mass is 10.1. The molecule has 2 amide bonds.